The number of pyridine rings is 1. The Hall–Kier alpha value is -2.93. The third-order valence-electron chi connectivity index (χ3n) is 4.18. The van der Waals surface area contributed by atoms with E-state index in [-0.39, 0.29) is 11.8 Å². The lowest BCUT2D eigenvalue weighted by atomic mass is 10.2. The Labute approximate surface area is 161 Å². The number of ether oxygens (including phenoxy) is 1. The molecule has 2 amide bonds. The molecule has 2 heterocycles. The molecule has 0 aliphatic rings. The van der Waals surface area contributed by atoms with Crippen LogP contribution in [0.1, 0.15) is 34.0 Å². The normalized spacial score (nSPS) is 10.6. The zero-order chi connectivity index (χ0) is 19.4. The summed E-state index contributed by atoms with van der Waals surface area (Å²) in [6.45, 7) is 5.33. The number of nitrogens with one attached hydrogen (secondary N) is 1. The molecule has 2 aromatic heterocycles. The Balaban J connectivity index is 1.85. The second-order valence-electron chi connectivity index (χ2n) is 5.85. The maximum Gasteiger partial charge on any atom is 0.269 e. The van der Waals surface area contributed by atoms with Gasteiger partial charge in [-0.1, -0.05) is 0 Å². The summed E-state index contributed by atoms with van der Waals surface area (Å²) in [4.78, 5) is 30.8. The molecule has 0 atom stereocenters. The number of rotatable bonds is 6. The third kappa shape index (κ3) is 4.09. The highest BCUT2D eigenvalue weighted by molar-refractivity contribution is 7.20. The summed E-state index contributed by atoms with van der Waals surface area (Å²) < 4.78 is 6.85. The maximum absolute atomic E-state index is 12.5. The fraction of sp³-hybridized carbons (Fsp3) is 0.250. The summed E-state index contributed by atoms with van der Waals surface area (Å²) >= 11 is 1.45. The number of hydrogen-bond donors (Lipinski definition) is 1. The van der Waals surface area contributed by atoms with Gasteiger partial charge in [0.15, 0.2) is 0 Å². The lowest BCUT2D eigenvalue weighted by Gasteiger charge is -2.17. The molecule has 0 radical (unpaired) electrons. The highest BCUT2D eigenvalue weighted by Gasteiger charge is 2.16. The highest BCUT2D eigenvalue weighted by Crippen LogP contribution is 2.32. The van der Waals surface area contributed by atoms with Crippen LogP contribution in [-0.4, -0.2) is 41.8 Å². The topological polar surface area (TPSA) is 71.5 Å². The van der Waals surface area contributed by atoms with Gasteiger partial charge < -0.3 is 15.0 Å². The summed E-state index contributed by atoms with van der Waals surface area (Å²) in [5.74, 6) is 0.945. The number of carbonyl (C=O) groups is 2. The molecule has 0 bridgehead atoms. The standard InChI is InChI=1S/C20H21N3O3S/c1-4-23(5-2)20(25)18-10-13-6-7-14(12-17(13)27-18)26-15-8-9-22-16(11-15)19(24)21-3/h6-12H,4-5H2,1-3H3,(H,21,24). The Morgan fingerprint density at radius 1 is 1.11 bits per heavy atom. The first-order chi connectivity index (χ1) is 13.0. The van der Waals surface area contributed by atoms with E-state index in [1.54, 1.807) is 24.1 Å². The molecule has 0 saturated carbocycles. The molecule has 3 aromatic rings. The van der Waals surface area contributed by atoms with Crippen LogP contribution in [0.5, 0.6) is 11.5 Å². The quantitative estimate of drug-likeness (QED) is 0.700. The number of nitrogens with zero attached hydrogens (tertiary/aromatic N) is 2. The van der Waals surface area contributed by atoms with Crippen molar-refractivity contribution in [1.82, 2.24) is 15.2 Å². The first-order valence-electron chi connectivity index (χ1n) is 8.74. The number of amides is 2. The number of carbonyl (C=O) groups excluding carboxylic acids is 2. The fourth-order valence-electron chi connectivity index (χ4n) is 2.71. The van der Waals surface area contributed by atoms with Gasteiger partial charge >= 0.3 is 0 Å². The monoisotopic (exact) mass is 383 g/mol. The second-order valence-corrected chi connectivity index (χ2v) is 6.93. The van der Waals surface area contributed by atoms with Crippen LogP contribution in [0.2, 0.25) is 0 Å². The van der Waals surface area contributed by atoms with Crippen LogP contribution in [0.3, 0.4) is 0 Å². The zero-order valence-electron chi connectivity index (χ0n) is 15.5. The SMILES string of the molecule is CCN(CC)C(=O)c1cc2ccc(Oc3ccnc(C(=O)NC)c3)cc2s1. The highest BCUT2D eigenvalue weighted by atomic mass is 32.1. The Kier molecular flexibility index (Phi) is 5.71. The van der Waals surface area contributed by atoms with E-state index in [9.17, 15) is 9.59 Å². The fourth-order valence-corrected chi connectivity index (χ4v) is 3.77. The number of thiophene rings is 1. The van der Waals surface area contributed by atoms with E-state index >= 15 is 0 Å². The summed E-state index contributed by atoms with van der Waals surface area (Å²) in [5, 5.41) is 3.54. The van der Waals surface area contributed by atoms with Crippen molar-refractivity contribution < 1.29 is 14.3 Å². The molecule has 1 aromatic carbocycles. The second kappa shape index (κ2) is 8.18. The van der Waals surface area contributed by atoms with Crippen molar-refractivity contribution in [2.24, 2.45) is 0 Å². The maximum atomic E-state index is 12.5. The minimum Gasteiger partial charge on any atom is -0.457 e. The molecule has 0 unspecified atom stereocenters. The summed E-state index contributed by atoms with van der Waals surface area (Å²) in [6, 6.07) is 10.9. The molecular formula is C20H21N3O3S. The third-order valence-corrected chi connectivity index (χ3v) is 5.27. The predicted octanol–water partition coefficient (Wildman–Crippen LogP) is 3.93. The molecule has 27 heavy (non-hydrogen) atoms. The van der Waals surface area contributed by atoms with Gasteiger partial charge in [0.25, 0.3) is 11.8 Å². The average Bonchev–Trinajstić information content (AvgIpc) is 3.12. The van der Waals surface area contributed by atoms with Crippen molar-refractivity contribution >= 4 is 33.2 Å². The van der Waals surface area contributed by atoms with Gasteiger partial charge in [0.05, 0.1) is 4.88 Å². The molecular weight excluding hydrogens is 362 g/mol. The summed E-state index contributed by atoms with van der Waals surface area (Å²) in [7, 11) is 1.55. The van der Waals surface area contributed by atoms with Crippen molar-refractivity contribution in [3.63, 3.8) is 0 Å². The predicted molar refractivity (Wildman–Crippen MR) is 107 cm³/mol. The van der Waals surface area contributed by atoms with Gasteiger partial charge in [-0.25, -0.2) is 0 Å². The van der Waals surface area contributed by atoms with E-state index in [1.165, 1.54) is 17.5 Å². The smallest absolute Gasteiger partial charge is 0.269 e. The molecule has 0 aliphatic heterocycles. The van der Waals surface area contributed by atoms with E-state index in [4.69, 9.17) is 4.74 Å². The van der Waals surface area contributed by atoms with Crippen molar-refractivity contribution in [2.75, 3.05) is 20.1 Å². The minimum atomic E-state index is -0.270. The molecule has 0 aliphatic carbocycles. The van der Waals surface area contributed by atoms with Gasteiger partial charge in [-0.15, -0.1) is 11.3 Å². The van der Waals surface area contributed by atoms with Gasteiger partial charge in [0.1, 0.15) is 17.2 Å². The molecule has 140 valence electrons. The van der Waals surface area contributed by atoms with Crippen molar-refractivity contribution in [1.29, 1.82) is 0 Å². The first kappa shape index (κ1) is 18.8. The summed E-state index contributed by atoms with van der Waals surface area (Å²) in [5.41, 5.74) is 0.291. The molecule has 0 spiro atoms. The minimum absolute atomic E-state index is 0.0491. The number of hydrogen-bond acceptors (Lipinski definition) is 5. The van der Waals surface area contributed by atoms with E-state index in [0.717, 1.165) is 15.0 Å². The largest absolute Gasteiger partial charge is 0.457 e. The summed E-state index contributed by atoms with van der Waals surface area (Å²) in [6.07, 6.45) is 1.53. The number of benzene rings is 1. The van der Waals surface area contributed by atoms with Gasteiger partial charge in [0.2, 0.25) is 0 Å². The molecule has 0 saturated heterocycles. The Morgan fingerprint density at radius 2 is 1.85 bits per heavy atom. The van der Waals surface area contributed by atoms with Crippen LogP contribution < -0.4 is 10.1 Å². The lowest BCUT2D eigenvalue weighted by Crippen LogP contribution is -2.29. The zero-order valence-corrected chi connectivity index (χ0v) is 16.3. The van der Waals surface area contributed by atoms with Crippen molar-refractivity contribution in [3.8, 4) is 11.5 Å². The Bertz CT molecular complexity index is 980. The Morgan fingerprint density at radius 3 is 2.56 bits per heavy atom. The van der Waals surface area contributed by atoms with E-state index in [1.807, 2.05) is 38.1 Å². The molecule has 1 N–H and O–H groups in total. The number of aromatic nitrogens is 1. The van der Waals surface area contributed by atoms with Crippen LogP contribution in [0, 0.1) is 0 Å². The number of fused-ring (bicyclic) bond motifs is 1. The molecule has 3 rings (SSSR count). The van der Waals surface area contributed by atoms with Crippen LogP contribution in [0.25, 0.3) is 10.1 Å². The van der Waals surface area contributed by atoms with Gasteiger partial charge in [-0.3, -0.25) is 14.6 Å². The van der Waals surface area contributed by atoms with Gasteiger partial charge in [0, 0.05) is 37.1 Å². The van der Waals surface area contributed by atoms with Gasteiger partial charge in [-0.05, 0) is 49.6 Å². The van der Waals surface area contributed by atoms with E-state index < -0.39 is 0 Å². The van der Waals surface area contributed by atoms with Crippen LogP contribution >= 0.6 is 11.3 Å². The van der Waals surface area contributed by atoms with Gasteiger partial charge in [-0.2, -0.15) is 0 Å². The van der Waals surface area contributed by atoms with Crippen LogP contribution in [0.15, 0.2) is 42.6 Å². The molecule has 0 fully saturated rings. The first-order valence-corrected chi connectivity index (χ1v) is 9.56. The van der Waals surface area contributed by atoms with Crippen LogP contribution in [-0.2, 0) is 0 Å². The lowest BCUT2D eigenvalue weighted by molar-refractivity contribution is 0.0777. The van der Waals surface area contributed by atoms with Crippen LogP contribution in [0.4, 0.5) is 0 Å². The van der Waals surface area contributed by atoms with Crippen molar-refractivity contribution in [3.05, 3.63) is 53.2 Å². The van der Waals surface area contributed by atoms with E-state index in [0.29, 0.717) is 30.3 Å². The van der Waals surface area contributed by atoms with E-state index in [2.05, 4.69) is 10.3 Å². The molecule has 7 heteroatoms. The average molecular weight is 383 g/mol. The van der Waals surface area contributed by atoms with Crippen molar-refractivity contribution in [2.45, 2.75) is 13.8 Å². The molecule has 6 nitrogen and oxygen atoms in total.